The molecule has 1 N–H and O–H groups in total. The molecule has 1 aromatic carbocycles. The summed E-state index contributed by atoms with van der Waals surface area (Å²) in [6.45, 7) is 2.42. The Kier molecular flexibility index (Phi) is 5.81. The number of amides is 1. The average Bonchev–Trinajstić information content (AvgIpc) is 2.87. The Labute approximate surface area is 142 Å². The van der Waals surface area contributed by atoms with Crippen LogP contribution in [0.15, 0.2) is 30.3 Å². The van der Waals surface area contributed by atoms with Gasteiger partial charge in [-0.2, -0.15) is 0 Å². The molecule has 118 valence electrons. The number of anilines is 1. The molecule has 3 nitrogen and oxygen atoms in total. The third-order valence-electron chi connectivity index (χ3n) is 3.26. The number of hydrogen-bond acceptors (Lipinski definition) is 3. The molecule has 0 saturated carbocycles. The predicted octanol–water partition coefficient (Wildman–Crippen LogP) is 4.65. The second-order valence-corrected chi connectivity index (χ2v) is 7.12. The SMILES string of the molecule is CC(C(=O)Nc1ccc(F)c(Cl)c1)N(C)Cc1ccc(Cl)s1. The van der Waals surface area contributed by atoms with Gasteiger partial charge in [-0.3, -0.25) is 9.69 Å². The van der Waals surface area contributed by atoms with Gasteiger partial charge in [-0.25, -0.2) is 4.39 Å². The van der Waals surface area contributed by atoms with Crippen molar-refractivity contribution in [3.8, 4) is 0 Å². The van der Waals surface area contributed by atoms with Crippen LogP contribution in [0.4, 0.5) is 10.1 Å². The van der Waals surface area contributed by atoms with Crippen molar-refractivity contribution in [2.45, 2.75) is 19.5 Å². The van der Waals surface area contributed by atoms with Crippen molar-refractivity contribution in [1.29, 1.82) is 0 Å². The Morgan fingerprint density at radius 3 is 2.68 bits per heavy atom. The van der Waals surface area contributed by atoms with Crippen molar-refractivity contribution in [3.05, 3.63) is 50.4 Å². The minimum Gasteiger partial charge on any atom is -0.325 e. The van der Waals surface area contributed by atoms with Gasteiger partial charge in [0.2, 0.25) is 5.91 Å². The number of nitrogens with one attached hydrogen (secondary N) is 1. The van der Waals surface area contributed by atoms with Crippen LogP contribution in [0.2, 0.25) is 9.36 Å². The van der Waals surface area contributed by atoms with Crippen LogP contribution in [0.3, 0.4) is 0 Å². The Bertz CT molecular complexity index is 677. The van der Waals surface area contributed by atoms with Gasteiger partial charge in [0.1, 0.15) is 5.82 Å². The monoisotopic (exact) mass is 360 g/mol. The van der Waals surface area contributed by atoms with E-state index in [1.54, 1.807) is 6.92 Å². The van der Waals surface area contributed by atoms with Crippen molar-refractivity contribution in [2.24, 2.45) is 0 Å². The van der Waals surface area contributed by atoms with E-state index in [0.717, 1.165) is 9.21 Å². The lowest BCUT2D eigenvalue weighted by Crippen LogP contribution is -2.39. The summed E-state index contributed by atoms with van der Waals surface area (Å²) in [5.41, 5.74) is 0.468. The minimum absolute atomic E-state index is 0.0213. The van der Waals surface area contributed by atoms with E-state index in [9.17, 15) is 9.18 Å². The number of rotatable bonds is 5. The molecule has 7 heteroatoms. The lowest BCUT2D eigenvalue weighted by atomic mass is 10.2. The molecule has 1 unspecified atom stereocenters. The smallest absolute Gasteiger partial charge is 0.241 e. The second-order valence-electron chi connectivity index (χ2n) is 4.92. The van der Waals surface area contributed by atoms with Crippen molar-refractivity contribution >= 4 is 46.1 Å². The van der Waals surface area contributed by atoms with E-state index in [1.165, 1.54) is 29.5 Å². The number of likely N-dealkylation sites (N-methyl/N-ethyl adjacent to an activating group) is 1. The van der Waals surface area contributed by atoms with Gasteiger partial charge in [0.25, 0.3) is 0 Å². The van der Waals surface area contributed by atoms with Crippen LogP contribution in [-0.4, -0.2) is 23.9 Å². The highest BCUT2D eigenvalue weighted by Gasteiger charge is 2.19. The average molecular weight is 361 g/mol. The number of halogens is 3. The van der Waals surface area contributed by atoms with E-state index in [1.807, 2.05) is 24.1 Å². The molecule has 0 aliphatic rings. The van der Waals surface area contributed by atoms with Crippen LogP contribution in [0.25, 0.3) is 0 Å². The summed E-state index contributed by atoms with van der Waals surface area (Å²) >= 11 is 13.1. The van der Waals surface area contributed by atoms with Crippen LogP contribution in [0, 0.1) is 5.82 Å². The summed E-state index contributed by atoms with van der Waals surface area (Å²) in [6.07, 6.45) is 0. The molecule has 0 saturated heterocycles. The first-order chi connectivity index (χ1) is 10.4. The molecular formula is C15H15Cl2FN2OS. The summed E-state index contributed by atoms with van der Waals surface area (Å²) in [4.78, 5) is 15.2. The third-order valence-corrected chi connectivity index (χ3v) is 4.77. The number of hydrogen-bond donors (Lipinski definition) is 1. The molecule has 0 radical (unpaired) electrons. The lowest BCUT2D eigenvalue weighted by molar-refractivity contribution is -0.120. The largest absolute Gasteiger partial charge is 0.325 e. The zero-order chi connectivity index (χ0) is 16.3. The van der Waals surface area contributed by atoms with Crippen molar-refractivity contribution in [1.82, 2.24) is 4.90 Å². The summed E-state index contributed by atoms with van der Waals surface area (Å²) in [5, 5.41) is 2.71. The topological polar surface area (TPSA) is 32.3 Å². The van der Waals surface area contributed by atoms with Crippen LogP contribution < -0.4 is 5.32 Å². The van der Waals surface area contributed by atoms with E-state index in [0.29, 0.717) is 12.2 Å². The van der Waals surface area contributed by atoms with Crippen LogP contribution in [0.5, 0.6) is 0 Å². The lowest BCUT2D eigenvalue weighted by Gasteiger charge is -2.23. The van der Waals surface area contributed by atoms with E-state index >= 15 is 0 Å². The van der Waals surface area contributed by atoms with Crippen LogP contribution >= 0.6 is 34.5 Å². The van der Waals surface area contributed by atoms with E-state index in [2.05, 4.69) is 5.32 Å². The Balaban J connectivity index is 1.97. The van der Waals surface area contributed by atoms with Crippen molar-refractivity contribution in [2.75, 3.05) is 12.4 Å². The highest BCUT2D eigenvalue weighted by molar-refractivity contribution is 7.16. The number of thiophene rings is 1. The summed E-state index contributed by atoms with van der Waals surface area (Å²) < 4.78 is 13.8. The molecule has 22 heavy (non-hydrogen) atoms. The zero-order valence-corrected chi connectivity index (χ0v) is 14.4. The first kappa shape index (κ1) is 17.2. The Hall–Kier alpha value is -1.14. The molecular weight excluding hydrogens is 346 g/mol. The molecule has 0 bridgehead atoms. The Morgan fingerprint density at radius 1 is 1.36 bits per heavy atom. The standard InChI is InChI=1S/C15H15Cl2FN2OS/c1-9(20(2)8-11-4-6-14(17)22-11)15(21)19-10-3-5-13(18)12(16)7-10/h3-7,9H,8H2,1-2H3,(H,19,21). The molecule has 2 aromatic rings. The molecule has 0 fully saturated rings. The minimum atomic E-state index is -0.514. The fourth-order valence-electron chi connectivity index (χ4n) is 1.84. The van der Waals surface area contributed by atoms with E-state index in [-0.39, 0.29) is 17.0 Å². The quantitative estimate of drug-likeness (QED) is 0.841. The molecule has 2 rings (SSSR count). The summed E-state index contributed by atoms with van der Waals surface area (Å²) in [7, 11) is 1.86. The van der Waals surface area contributed by atoms with Crippen LogP contribution in [-0.2, 0) is 11.3 Å². The predicted molar refractivity (Wildman–Crippen MR) is 90.3 cm³/mol. The number of carbonyl (C=O) groups is 1. The van der Waals surface area contributed by atoms with E-state index in [4.69, 9.17) is 23.2 Å². The highest BCUT2D eigenvalue weighted by Crippen LogP contribution is 2.23. The number of benzene rings is 1. The second kappa shape index (κ2) is 7.42. The molecule has 0 aliphatic carbocycles. The molecule has 0 aliphatic heterocycles. The normalized spacial score (nSPS) is 12.5. The highest BCUT2D eigenvalue weighted by atomic mass is 35.5. The van der Waals surface area contributed by atoms with Gasteiger partial charge in [-0.15, -0.1) is 11.3 Å². The van der Waals surface area contributed by atoms with Crippen LogP contribution in [0.1, 0.15) is 11.8 Å². The van der Waals surface area contributed by atoms with Gasteiger partial charge < -0.3 is 5.32 Å². The molecule has 1 atom stereocenters. The maximum atomic E-state index is 13.1. The summed E-state index contributed by atoms with van der Waals surface area (Å²) in [6, 6.07) is 7.50. The number of nitrogens with zero attached hydrogens (tertiary/aromatic N) is 1. The first-order valence-electron chi connectivity index (χ1n) is 6.57. The van der Waals surface area contributed by atoms with Gasteiger partial charge in [-0.05, 0) is 44.3 Å². The molecule has 0 spiro atoms. The van der Waals surface area contributed by atoms with Gasteiger partial charge in [-0.1, -0.05) is 23.2 Å². The van der Waals surface area contributed by atoms with Gasteiger partial charge in [0.05, 0.1) is 15.4 Å². The van der Waals surface area contributed by atoms with Gasteiger partial charge in [0.15, 0.2) is 0 Å². The van der Waals surface area contributed by atoms with E-state index < -0.39 is 5.82 Å². The van der Waals surface area contributed by atoms with Crippen molar-refractivity contribution < 1.29 is 9.18 Å². The van der Waals surface area contributed by atoms with Gasteiger partial charge in [0, 0.05) is 17.1 Å². The third kappa shape index (κ3) is 4.43. The maximum Gasteiger partial charge on any atom is 0.241 e. The molecule has 1 aromatic heterocycles. The Morgan fingerprint density at radius 2 is 2.09 bits per heavy atom. The number of carbonyl (C=O) groups excluding carboxylic acids is 1. The fourth-order valence-corrected chi connectivity index (χ4v) is 3.17. The first-order valence-corrected chi connectivity index (χ1v) is 8.14. The van der Waals surface area contributed by atoms with Crippen molar-refractivity contribution in [3.63, 3.8) is 0 Å². The molecule has 1 amide bonds. The maximum absolute atomic E-state index is 13.1. The zero-order valence-electron chi connectivity index (χ0n) is 12.1. The van der Waals surface area contributed by atoms with Gasteiger partial charge >= 0.3 is 0 Å². The fraction of sp³-hybridized carbons (Fsp3) is 0.267. The summed E-state index contributed by atoms with van der Waals surface area (Å²) in [5.74, 6) is -0.702. The molecule has 1 heterocycles.